The van der Waals surface area contributed by atoms with Gasteiger partial charge in [-0.25, -0.2) is 4.79 Å². The molecule has 0 radical (unpaired) electrons. The summed E-state index contributed by atoms with van der Waals surface area (Å²) in [7, 11) is 1.74. The normalized spacial score (nSPS) is 18.8. The van der Waals surface area contributed by atoms with Crippen molar-refractivity contribution in [3.05, 3.63) is 64.0 Å². The number of carboxylic acid groups (broad SMARTS) is 1. The van der Waals surface area contributed by atoms with E-state index in [0.29, 0.717) is 28.9 Å². The van der Waals surface area contributed by atoms with Gasteiger partial charge in [0.05, 0.1) is 16.0 Å². The van der Waals surface area contributed by atoms with Crippen LogP contribution >= 0.6 is 11.8 Å². The van der Waals surface area contributed by atoms with Gasteiger partial charge in [-0.1, -0.05) is 42.1 Å². The Kier molecular flexibility index (Phi) is 5.51. The second-order valence-corrected chi connectivity index (χ2v) is 7.51. The quantitative estimate of drug-likeness (QED) is 0.429. The zero-order valence-electron chi connectivity index (χ0n) is 15.4. The largest absolute Gasteiger partial charge is 0.478 e. The number of H-pyrrole nitrogens is 1. The molecule has 140 valence electrons. The fraction of sp³-hybridized carbons (Fsp3) is 0.250. The Labute approximate surface area is 161 Å². The number of aromatic nitrogens is 1. The Morgan fingerprint density at radius 3 is 2.59 bits per heavy atom. The van der Waals surface area contributed by atoms with E-state index in [2.05, 4.69) is 15.3 Å². The maximum atomic E-state index is 12.4. The summed E-state index contributed by atoms with van der Waals surface area (Å²) in [6.45, 7) is 3.46. The highest BCUT2D eigenvalue weighted by molar-refractivity contribution is 8.15. The fourth-order valence-electron chi connectivity index (χ4n) is 3.16. The van der Waals surface area contributed by atoms with Crippen molar-refractivity contribution in [1.29, 1.82) is 0 Å². The van der Waals surface area contributed by atoms with E-state index in [4.69, 9.17) is 0 Å². The minimum absolute atomic E-state index is 0.113. The third-order valence-corrected chi connectivity index (χ3v) is 5.69. The van der Waals surface area contributed by atoms with Crippen LogP contribution in [0.5, 0.6) is 0 Å². The molecule has 1 saturated heterocycles. The van der Waals surface area contributed by atoms with E-state index in [-0.39, 0.29) is 16.8 Å². The average Bonchev–Trinajstić information content (AvgIpc) is 3.12. The number of carbonyl (C=O) groups is 2. The monoisotopic (exact) mass is 383 g/mol. The molecular weight excluding hydrogens is 362 g/mol. The molecule has 1 fully saturated rings. The van der Waals surface area contributed by atoms with Gasteiger partial charge >= 0.3 is 5.97 Å². The maximum Gasteiger partial charge on any atom is 0.337 e. The van der Waals surface area contributed by atoms with E-state index in [1.54, 1.807) is 27.0 Å². The molecular formula is C20H21N3O3S. The highest BCUT2D eigenvalue weighted by atomic mass is 32.2. The third kappa shape index (κ3) is 3.98. The second kappa shape index (κ2) is 7.84. The van der Waals surface area contributed by atoms with Crippen molar-refractivity contribution in [2.24, 2.45) is 4.99 Å². The number of thioether (sulfide) groups is 1. The molecule has 27 heavy (non-hydrogen) atoms. The van der Waals surface area contributed by atoms with Crippen LogP contribution in [0.25, 0.3) is 6.08 Å². The molecule has 3 rings (SSSR count). The van der Waals surface area contributed by atoms with Crippen LogP contribution in [0.4, 0.5) is 0 Å². The van der Waals surface area contributed by atoms with Crippen LogP contribution in [0.1, 0.15) is 39.3 Å². The van der Waals surface area contributed by atoms with Crippen molar-refractivity contribution in [3.63, 3.8) is 0 Å². The Hall–Kier alpha value is -2.80. The zero-order chi connectivity index (χ0) is 19.6. The lowest BCUT2D eigenvalue weighted by Gasteiger charge is -2.11. The van der Waals surface area contributed by atoms with E-state index in [9.17, 15) is 14.7 Å². The Balaban J connectivity index is 1.79. The smallest absolute Gasteiger partial charge is 0.337 e. The zero-order valence-corrected chi connectivity index (χ0v) is 16.2. The first-order chi connectivity index (χ1) is 12.9. The molecule has 1 atom stereocenters. The number of amides is 1. The van der Waals surface area contributed by atoms with Crippen LogP contribution in [0.3, 0.4) is 0 Å². The van der Waals surface area contributed by atoms with Crippen molar-refractivity contribution in [3.8, 4) is 0 Å². The SMILES string of the molecule is CN=C(SC1C/C(=C/c2[nH]c(C)c(C(=O)O)c2C)C(=O)N1)c1ccccc1. The number of aliphatic imine (C=N–C) groups is 1. The summed E-state index contributed by atoms with van der Waals surface area (Å²) in [5.41, 5.74) is 3.77. The van der Waals surface area contributed by atoms with E-state index in [1.807, 2.05) is 30.3 Å². The summed E-state index contributed by atoms with van der Waals surface area (Å²) in [6.07, 6.45) is 2.28. The maximum absolute atomic E-state index is 12.4. The predicted octanol–water partition coefficient (Wildman–Crippen LogP) is 3.37. The molecule has 2 aromatic rings. The Morgan fingerprint density at radius 1 is 1.30 bits per heavy atom. The molecule has 0 saturated carbocycles. The van der Waals surface area contributed by atoms with Crippen molar-refractivity contribution in [2.75, 3.05) is 7.05 Å². The van der Waals surface area contributed by atoms with Gasteiger partial charge in [-0.3, -0.25) is 9.79 Å². The Morgan fingerprint density at radius 2 is 2.00 bits per heavy atom. The number of nitrogens with one attached hydrogen (secondary N) is 2. The number of benzene rings is 1. The number of aromatic carboxylic acids is 1. The first-order valence-corrected chi connectivity index (χ1v) is 9.41. The van der Waals surface area contributed by atoms with Crippen molar-refractivity contribution in [2.45, 2.75) is 25.6 Å². The number of aryl methyl sites for hydroxylation is 1. The molecule has 1 aromatic heterocycles. The van der Waals surface area contributed by atoms with Crippen LogP contribution in [0, 0.1) is 13.8 Å². The van der Waals surface area contributed by atoms with E-state index in [0.717, 1.165) is 10.6 Å². The molecule has 0 spiro atoms. The number of carbonyl (C=O) groups excluding carboxylic acids is 1. The third-order valence-electron chi connectivity index (χ3n) is 4.48. The van der Waals surface area contributed by atoms with Crippen molar-refractivity contribution in [1.82, 2.24) is 10.3 Å². The van der Waals surface area contributed by atoms with E-state index >= 15 is 0 Å². The van der Waals surface area contributed by atoms with Gasteiger partial charge in [0.2, 0.25) is 5.91 Å². The highest BCUT2D eigenvalue weighted by Crippen LogP contribution is 2.29. The molecule has 0 aliphatic carbocycles. The number of aromatic amines is 1. The number of hydrogen-bond acceptors (Lipinski definition) is 4. The molecule has 2 heterocycles. The molecule has 1 aliphatic heterocycles. The van der Waals surface area contributed by atoms with Gasteiger partial charge < -0.3 is 15.4 Å². The van der Waals surface area contributed by atoms with Gasteiger partial charge in [0.15, 0.2) is 0 Å². The van der Waals surface area contributed by atoms with E-state index in [1.165, 1.54) is 11.8 Å². The van der Waals surface area contributed by atoms with Crippen molar-refractivity contribution >= 4 is 34.8 Å². The summed E-state index contributed by atoms with van der Waals surface area (Å²) in [5.74, 6) is -1.11. The molecule has 1 unspecified atom stereocenters. The highest BCUT2D eigenvalue weighted by Gasteiger charge is 2.29. The van der Waals surface area contributed by atoms with Gasteiger partial charge in [0, 0.05) is 36.0 Å². The molecule has 3 N–H and O–H groups in total. The molecule has 7 heteroatoms. The predicted molar refractivity (Wildman–Crippen MR) is 108 cm³/mol. The molecule has 6 nitrogen and oxygen atoms in total. The summed E-state index contributed by atoms with van der Waals surface area (Å²) in [6, 6.07) is 9.83. The number of carboxylic acids is 1. The van der Waals surface area contributed by atoms with Gasteiger partial charge in [-0.05, 0) is 25.5 Å². The molecule has 1 aliphatic rings. The van der Waals surface area contributed by atoms with Gasteiger partial charge in [-0.2, -0.15) is 0 Å². The lowest BCUT2D eigenvalue weighted by atomic mass is 10.1. The van der Waals surface area contributed by atoms with E-state index < -0.39 is 5.97 Å². The lowest BCUT2D eigenvalue weighted by molar-refractivity contribution is -0.116. The number of hydrogen-bond donors (Lipinski definition) is 3. The van der Waals surface area contributed by atoms with Gasteiger partial charge in [0.1, 0.15) is 0 Å². The van der Waals surface area contributed by atoms with Crippen LogP contribution < -0.4 is 5.32 Å². The fourth-order valence-corrected chi connectivity index (χ4v) is 4.23. The van der Waals surface area contributed by atoms with Crippen LogP contribution in [0.2, 0.25) is 0 Å². The summed E-state index contributed by atoms with van der Waals surface area (Å²) in [5, 5.41) is 13.0. The minimum atomic E-state index is -0.970. The first-order valence-electron chi connectivity index (χ1n) is 8.53. The average molecular weight is 383 g/mol. The molecule has 0 bridgehead atoms. The summed E-state index contributed by atoms with van der Waals surface area (Å²) < 4.78 is 0. The standard InChI is InChI=1S/C20H21N3O3S/c1-11-15(22-12(2)17(11)20(25)26)9-14-10-16(23-18(14)24)27-19(21-3)13-7-5-4-6-8-13/h4-9,16,22H,10H2,1-3H3,(H,23,24)(H,25,26)/b14-9-,21-19?. The second-order valence-electron chi connectivity index (χ2n) is 6.32. The summed E-state index contributed by atoms with van der Waals surface area (Å²) in [4.78, 5) is 31.1. The molecule has 1 amide bonds. The molecule has 1 aromatic carbocycles. The minimum Gasteiger partial charge on any atom is -0.478 e. The first kappa shape index (κ1) is 19.0. The lowest BCUT2D eigenvalue weighted by Crippen LogP contribution is -2.24. The summed E-state index contributed by atoms with van der Waals surface area (Å²) >= 11 is 1.51. The Bertz CT molecular complexity index is 945. The van der Waals surface area contributed by atoms with Crippen LogP contribution in [-0.4, -0.2) is 39.4 Å². The van der Waals surface area contributed by atoms with Crippen LogP contribution in [0.15, 0.2) is 40.9 Å². The van der Waals surface area contributed by atoms with Crippen LogP contribution in [-0.2, 0) is 4.79 Å². The van der Waals surface area contributed by atoms with Gasteiger partial charge in [-0.15, -0.1) is 0 Å². The topological polar surface area (TPSA) is 94.6 Å². The van der Waals surface area contributed by atoms with Crippen molar-refractivity contribution < 1.29 is 14.7 Å². The number of nitrogens with zero attached hydrogens (tertiary/aromatic N) is 1. The van der Waals surface area contributed by atoms with Gasteiger partial charge in [0.25, 0.3) is 0 Å². The number of rotatable bonds is 4.